The molecule has 0 atom stereocenters. The van der Waals surface area contributed by atoms with Crippen LogP contribution in [0.2, 0.25) is 0 Å². The predicted octanol–water partition coefficient (Wildman–Crippen LogP) is 2.29. The zero-order valence-electron chi connectivity index (χ0n) is 12.3. The molecule has 108 valence electrons. The van der Waals surface area contributed by atoms with Gasteiger partial charge in [-0.1, -0.05) is 6.92 Å². The van der Waals surface area contributed by atoms with Crippen LogP contribution in [0.1, 0.15) is 32.6 Å². The summed E-state index contributed by atoms with van der Waals surface area (Å²) in [5, 5.41) is 3.61. The van der Waals surface area contributed by atoms with Crippen LogP contribution in [0.4, 0.5) is 5.82 Å². The van der Waals surface area contributed by atoms with Crippen molar-refractivity contribution in [2.75, 3.05) is 11.9 Å². The number of hydrogen-bond donors (Lipinski definition) is 2. The number of imidazole rings is 1. The van der Waals surface area contributed by atoms with E-state index in [0.29, 0.717) is 6.54 Å². The molecule has 0 bridgehead atoms. The van der Waals surface area contributed by atoms with Crippen LogP contribution in [0, 0.1) is 5.92 Å². The SMILES string of the molecule is CC1CCC(CN)(Nc2nccc3c2ncn3C)CC1. The molecule has 2 aromatic rings. The third kappa shape index (κ3) is 2.26. The van der Waals surface area contributed by atoms with Crippen LogP contribution in [-0.4, -0.2) is 26.6 Å². The molecule has 0 amide bonds. The summed E-state index contributed by atoms with van der Waals surface area (Å²) in [7, 11) is 2.00. The molecule has 0 radical (unpaired) electrons. The second-order valence-electron chi connectivity index (χ2n) is 6.17. The summed E-state index contributed by atoms with van der Waals surface area (Å²) in [5.41, 5.74) is 8.07. The lowest BCUT2D eigenvalue weighted by Crippen LogP contribution is -2.48. The van der Waals surface area contributed by atoms with Gasteiger partial charge in [0.2, 0.25) is 0 Å². The fourth-order valence-corrected chi connectivity index (χ4v) is 3.10. The smallest absolute Gasteiger partial charge is 0.154 e. The van der Waals surface area contributed by atoms with Gasteiger partial charge in [0.1, 0.15) is 5.52 Å². The standard InChI is InChI=1S/C15H23N5/c1-11-3-6-15(9-16,7-4-11)19-14-13-12(5-8-17-14)20(2)10-18-13/h5,8,10-11H,3-4,6-7,9,16H2,1-2H3,(H,17,19). The lowest BCUT2D eigenvalue weighted by atomic mass is 9.77. The fourth-order valence-electron chi connectivity index (χ4n) is 3.10. The van der Waals surface area contributed by atoms with Crippen molar-refractivity contribution in [3.8, 4) is 0 Å². The van der Waals surface area contributed by atoms with Crippen molar-refractivity contribution >= 4 is 16.9 Å². The van der Waals surface area contributed by atoms with E-state index >= 15 is 0 Å². The van der Waals surface area contributed by atoms with Crippen LogP contribution in [-0.2, 0) is 7.05 Å². The number of nitrogens with one attached hydrogen (secondary N) is 1. The molecule has 0 aromatic carbocycles. The number of pyridine rings is 1. The van der Waals surface area contributed by atoms with Gasteiger partial charge in [-0.2, -0.15) is 0 Å². The highest BCUT2D eigenvalue weighted by Gasteiger charge is 2.33. The predicted molar refractivity (Wildman–Crippen MR) is 81.5 cm³/mol. The van der Waals surface area contributed by atoms with Crippen molar-refractivity contribution < 1.29 is 0 Å². The summed E-state index contributed by atoms with van der Waals surface area (Å²) in [4.78, 5) is 8.95. The van der Waals surface area contributed by atoms with Gasteiger partial charge in [-0.15, -0.1) is 0 Å². The molecule has 1 fully saturated rings. The van der Waals surface area contributed by atoms with Crippen LogP contribution in [0.3, 0.4) is 0 Å². The summed E-state index contributed by atoms with van der Waals surface area (Å²) < 4.78 is 2.01. The van der Waals surface area contributed by atoms with E-state index in [-0.39, 0.29) is 5.54 Å². The van der Waals surface area contributed by atoms with Gasteiger partial charge < -0.3 is 15.6 Å². The zero-order valence-corrected chi connectivity index (χ0v) is 12.3. The number of rotatable bonds is 3. The maximum absolute atomic E-state index is 6.06. The van der Waals surface area contributed by atoms with Gasteiger partial charge in [0.25, 0.3) is 0 Å². The minimum absolute atomic E-state index is 0.0225. The van der Waals surface area contributed by atoms with Crippen LogP contribution >= 0.6 is 0 Å². The number of fused-ring (bicyclic) bond motifs is 1. The van der Waals surface area contributed by atoms with Gasteiger partial charge in [0.05, 0.1) is 17.4 Å². The lowest BCUT2D eigenvalue weighted by Gasteiger charge is -2.39. The summed E-state index contributed by atoms with van der Waals surface area (Å²) in [6, 6.07) is 1.99. The monoisotopic (exact) mass is 273 g/mol. The van der Waals surface area contributed by atoms with Gasteiger partial charge in [-0.3, -0.25) is 0 Å². The van der Waals surface area contributed by atoms with Crippen molar-refractivity contribution in [1.82, 2.24) is 14.5 Å². The number of hydrogen-bond acceptors (Lipinski definition) is 4. The molecule has 2 aromatic heterocycles. The Morgan fingerprint density at radius 3 is 2.85 bits per heavy atom. The first-order valence-electron chi connectivity index (χ1n) is 7.38. The Kier molecular flexibility index (Phi) is 3.38. The average Bonchev–Trinajstić information content (AvgIpc) is 2.85. The Labute approximate surface area is 119 Å². The second kappa shape index (κ2) is 5.05. The number of nitrogens with two attached hydrogens (primary N) is 1. The summed E-state index contributed by atoms with van der Waals surface area (Å²) >= 11 is 0. The first-order chi connectivity index (χ1) is 9.63. The molecule has 1 aliphatic carbocycles. The Morgan fingerprint density at radius 2 is 2.15 bits per heavy atom. The number of aromatic nitrogens is 3. The van der Waals surface area contributed by atoms with Crippen molar-refractivity contribution in [3.63, 3.8) is 0 Å². The quantitative estimate of drug-likeness (QED) is 0.900. The molecule has 20 heavy (non-hydrogen) atoms. The van der Waals surface area contributed by atoms with E-state index in [1.165, 1.54) is 12.8 Å². The second-order valence-corrected chi connectivity index (χ2v) is 6.17. The van der Waals surface area contributed by atoms with E-state index < -0.39 is 0 Å². The van der Waals surface area contributed by atoms with Crippen molar-refractivity contribution in [1.29, 1.82) is 0 Å². The third-order valence-corrected chi connectivity index (χ3v) is 4.65. The molecular weight excluding hydrogens is 250 g/mol. The molecule has 0 aliphatic heterocycles. The topological polar surface area (TPSA) is 68.8 Å². The van der Waals surface area contributed by atoms with Crippen molar-refractivity contribution in [2.24, 2.45) is 18.7 Å². The van der Waals surface area contributed by atoms with Crippen LogP contribution < -0.4 is 11.1 Å². The molecule has 0 unspecified atom stereocenters. The number of nitrogens with zero attached hydrogens (tertiary/aromatic N) is 3. The van der Waals surface area contributed by atoms with E-state index in [1.807, 2.05) is 30.2 Å². The van der Waals surface area contributed by atoms with Crippen LogP contribution in [0.15, 0.2) is 18.6 Å². The molecule has 3 rings (SSSR count). The average molecular weight is 273 g/mol. The van der Waals surface area contributed by atoms with Gasteiger partial charge in [0, 0.05) is 19.8 Å². The Hall–Kier alpha value is -1.62. The zero-order chi connectivity index (χ0) is 14.2. The molecular formula is C15H23N5. The third-order valence-electron chi connectivity index (χ3n) is 4.65. The van der Waals surface area contributed by atoms with E-state index in [0.717, 1.165) is 35.6 Å². The van der Waals surface area contributed by atoms with E-state index in [9.17, 15) is 0 Å². The van der Waals surface area contributed by atoms with Gasteiger partial charge in [-0.25, -0.2) is 9.97 Å². The highest BCUT2D eigenvalue weighted by atomic mass is 15.1. The normalized spacial score (nSPS) is 26.9. The molecule has 3 N–H and O–H groups in total. The molecule has 5 nitrogen and oxygen atoms in total. The first kappa shape index (κ1) is 13.4. The maximum atomic E-state index is 6.06. The molecule has 2 heterocycles. The minimum atomic E-state index is -0.0225. The lowest BCUT2D eigenvalue weighted by molar-refractivity contribution is 0.271. The van der Waals surface area contributed by atoms with E-state index in [4.69, 9.17) is 5.73 Å². The molecule has 0 saturated heterocycles. The highest BCUT2D eigenvalue weighted by Crippen LogP contribution is 2.34. The summed E-state index contributed by atoms with van der Waals surface area (Å²) in [5.74, 6) is 1.66. The van der Waals surface area contributed by atoms with Crippen LogP contribution in [0.5, 0.6) is 0 Å². The maximum Gasteiger partial charge on any atom is 0.154 e. The van der Waals surface area contributed by atoms with E-state index in [1.54, 1.807) is 0 Å². The Balaban J connectivity index is 1.91. The van der Waals surface area contributed by atoms with Crippen molar-refractivity contribution in [3.05, 3.63) is 18.6 Å². The fraction of sp³-hybridized carbons (Fsp3) is 0.600. The Bertz CT molecular complexity index is 595. The van der Waals surface area contributed by atoms with E-state index in [2.05, 4.69) is 22.2 Å². The molecule has 5 heteroatoms. The molecule has 0 spiro atoms. The number of aryl methyl sites for hydroxylation is 1. The van der Waals surface area contributed by atoms with Gasteiger partial charge in [0.15, 0.2) is 5.82 Å². The van der Waals surface area contributed by atoms with Crippen molar-refractivity contribution in [2.45, 2.75) is 38.1 Å². The molecule has 1 saturated carbocycles. The van der Waals surface area contributed by atoms with Crippen LogP contribution in [0.25, 0.3) is 11.0 Å². The highest BCUT2D eigenvalue weighted by molar-refractivity contribution is 5.86. The molecule has 1 aliphatic rings. The van der Waals surface area contributed by atoms with Gasteiger partial charge >= 0.3 is 0 Å². The largest absolute Gasteiger partial charge is 0.362 e. The summed E-state index contributed by atoms with van der Waals surface area (Å²) in [6.45, 7) is 2.96. The minimum Gasteiger partial charge on any atom is -0.362 e. The first-order valence-corrected chi connectivity index (χ1v) is 7.38. The Morgan fingerprint density at radius 1 is 1.40 bits per heavy atom. The number of anilines is 1. The summed E-state index contributed by atoms with van der Waals surface area (Å²) in [6.07, 6.45) is 8.33. The van der Waals surface area contributed by atoms with Gasteiger partial charge in [-0.05, 0) is 37.7 Å².